The number of rotatable bonds is 4. The first-order valence-corrected chi connectivity index (χ1v) is 5.78. The molecule has 1 aromatic heterocycles. The lowest BCUT2D eigenvalue weighted by atomic mass is 9.97. The number of nitrogens with one attached hydrogen (secondary N) is 1. The SMILES string of the molecule is CC(C)(C)CNCc1cncn1C1CC1. The summed E-state index contributed by atoms with van der Waals surface area (Å²) in [6.07, 6.45) is 6.59. The van der Waals surface area contributed by atoms with Gasteiger partial charge in [-0.3, -0.25) is 0 Å². The third kappa shape index (κ3) is 3.06. The molecule has 1 aromatic rings. The van der Waals surface area contributed by atoms with Gasteiger partial charge in [0.2, 0.25) is 0 Å². The predicted octanol–water partition coefficient (Wildman–Crippen LogP) is 2.35. The molecular weight excluding hydrogens is 186 g/mol. The predicted molar refractivity (Wildman–Crippen MR) is 61.7 cm³/mol. The van der Waals surface area contributed by atoms with E-state index in [0.717, 1.165) is 19.1 Å². The molecule has 15 heavy (non-hydrogen) atoms. The number of hydrogen-bond acceptors (Lipinski definition) is 2. The quantitative estimate of drug-likeness (QED) is 0.821. The average molecular weight is 207 g/mol. The third-order valence-electron chi connectivity index (χ3n) is 2.65. The Balaban J connectivity index is 1.85. The van der Waals surface area contributed by atoms with Gasteiger partial charge in [-0.1, -0.05) is 20.8 Å². The van der Waals surface area contributed by atoms with Crippen molar-refractivity contribution in [1.29, 1.82) is 0 Å². The largest absolute Gasteiger partial charge is 0.330 e. The van der Waals surface area contributed by atoms with Crippen LogP contribution in [0.5, 0.6) is 0 Å². The van der Waals surface area contributed by atoms with Crippen molar-refractivity contribution in [3.63, 3.8) is 0 Å². The number of aromatic nitrogens is 2. The van der Waals surface area contributed by atoms with Crippen LogP contribution in [0.2, 0.25) is 0 Å². The van der Waals surface area contributed by atoms with Crippen molar-refractivity contribution in [2.75, 3.05) is 6.54 Å². The summed E-state index contributed by atoms with van der Waals surface area (Å²) in [6.45, 7) is 8.73. The van der Waals surface area contributed by atoms with E-state index in [1.165, 1.54) is 18.5 Å². The maximum absolute atomic E-state index is 4.22. The van der Waals surface area contributed by atoms with Crippen LogP contribution in [0.4, 0.5) is 0 Å². The van der Waals surface area contributed by atoms with Crippen LogP contribution in [0.3, 0.4) is 0 Å². The van der Waals surface area contributed by atoms with E-state index in [1.807, 2.05) is 12.5 Å². The summed E-state index contributed by atoms with van der Waals surface area (Å²) >= 11 is 0. The fraction of sp³-hybridized carbons (Fsp3) is 0.750. The first kappa shape index (κ1) is 10.7. The fourth-order valence-corrected chi connectivity index (χ4v) is 1.72. The lowest BCUT2D eigenvalue weighted by molar-refractivity contribution is 0.376. The molecule has 1 aliphatic carbocycles. The smallest absolute Gasteiger partial charge is 0.0951 e. The van der Waals surface area contributed by atoms with Crippen LogP contribution in [-0.4, -0.2) is 16.1 Å². The molecule has 0 radical (unpaired) electrons. The van der Waals surface area contributed by atoms with Crippen LogP contribution in [0.1, 0.15) is 45.3 Å². The minimum atomic E-state index is 0.352. The topological polar surface area (TPSA) is 29.9 Å². The molecule has 0 amide bonds. The molecule has 0 bridgehead atoms. The van der Waals surface area contributed by atoms with Crippen molar-refractivity contribution in [1.82, 2.24) is 14.9 Å². The molecular formula is C12H21N3. The highest BCUT2D eigenvalue weighted by Gasteiger charge is 2.25. The van der Waals surface area contributed by atoms with Crippen molar-refractivity contribution < 1.29 is 0 Å². The van der Waals surface area contributed by atoms with Gasteiger partial charge in [-0.2, -0.15) is 0 Å². The highest BCUT2D eigenvalue weighted by atomic mass is 15.1. The second-order valence-electron chi connectivity index (χ2n) is 5.69. The Hall–Kier alpha value is -0.830. The zero-order valence-corrected chi connectivity index (χ0v) is 9.95. The van der Waals surface area contributed by atoms with Gasteiger partial charge in [0.05, 0.1) is 12.0 Å². The molecule has 1 aliphatic rings. The van der Waals surface area contributed by atoms with Gasteiger partial charge >= 0.3 is 0 Å². The molecule has 0 unspecified atom stereocenters. The van der Waals surface area contributed by atoms with Crippen LogP contribution in [0, 0.1) is 5.41 Å². The number of imidazole rings is 1. The average Bonchev–Trinajstić information content (AvgIpc) is 2.86. The van der Waals surface area contributed by atoms with E-state index in [1.54, 1.807) is 0 Å². The molecule has 3 heteroatoms. The van der Waals surface area contributed by atoms with E-state index in [-0.39, 0.29) is 0 Å². The van der Waals surface area contributed by atoms with Gasteiger partial charge in [-0.25, -0.2) is 4.98 Å². The fourth-order valence-electron chi connectivity index (χ4n) is 1.72. The molecule has 0 saturated heterocycles. The summed E-state index contributed by atoms with van der Waals surface area (Å²) in [7, 11) is 0. The molecule has 1 saturated carbocycles. The van der Waals surface area contributed by atoms with Gasteiger partial charge < -0.3 is 9.88 Å². The maximum Gasteiger partial charge on any atom is 0.0951 e. The Labute approximate surface area is 91.9 Å². The summed E-state index contributed by atoms with van der Waals surface area (Å²) in [5.74, 6) is 0. The van der Waals surface area contributed by atoms with Crippen LogP contribution < -0.4 is 5.32 Å². The maximum atomic E-state index is 4.22. The molecule has 1 N–H and O–H groups in total. The van der Waals surface area contributed by atoms with Crippen LogP contribution >= 0.6 is 0 Å². The second-order valence-corrected chi connectivity index (χ2v) is 5.69. The molecule has 84 valence electrons. The van der Waals surface area contributed by atoms with Gasteiger partial charge in [0.15, 0.2) is 0 Å². The standard InChI is InChI=1S/C12H21N3/c1-12(2,3)8-13-6-11-7-14-9-15(11)10-4-5-10/h7,9-10,13H,4-6,8H2,1-3H3. The minimum absolute atomic E-state index is 0.352. The van der Waals surface area contributed by atoms with Gasteiger partial charge in [0.25, 0.3) is 0 Å². The van der Waals surface area contributed by atoms with E-state index in [2.05, 4.69) is 35.6 Å². The normalized spacial score (nSPS) is 17.0. The Kier molecular flexibility index (Phi) is 2.83. The van der Waals surface area contributed by atoms with Gasteiger partial charge in [-0.15, -0.1) is 0 Å². The van der Waals surface area contributed by atoms with E-state index >= 15 is 0 Å². The zero-order chi connectivity index (χ0) is 10.9. The van der Waals surface area contributed by atoms with Crippen LogP contribution in [-0.2, 0) is 6.54 Å². The molecule has 3 nitrogen and oxygen atoms in total. The van der Waals surface area contributed by atoms with Crippen molar-refractivity contribution >= 4 is 0 Å². The van der Waals surface area contributed by atoms with E-state index in [4.69, 9.17) is 0 Å². The van der Waals surface area contributed by atoms with Crippen LogP contribution in [0.15, 0.2) is 12.5 Å². The van der Waals surface area contributed by atoms with Gasteiger partial charge in [0, 0.05) is 25.3 Å². The number of nitrogens with zero attached hydrogens (tertiary/aromatic N) is 2. The monoisotopic (exact) mass is 207 g/mol. The zero-order valence-electron chi connectivity index (χ0n) is 9.95. The minimum Gasteiger partial charge on any atom is -0.330 e. The molecule has 1 heterocycles. The van der Waals surface area contributed by atoms with Crippen molar-refractivity contribution in [2.45, 2.75) is 46.2 Å². The highest BCUT2D eigenvalue weighted by Crippen LogP contribution is 2.35. The summed E-state index contributed by atoms with van der Waals surface area (Å²) in [4.78, 5) is 4.22. The molecule has 1 fully saturated rings. The molecule has 0 atom stereocenters. The first-order chi connectivity index (χ1) is 7.06. The summed E-state index contributed by atoms with van der Waals surface area (Å²) < 4.78 is 2.32. The van der Waals surface area contributed by atoms with E-state index in [0.29, 0.717) is 5.41 Å². The van der Waals surface area contributed by atoms with Crippen LogP contribution in [0.25, 0.3) is 0 Å². The van der Waals surface area contributed by atoms with Crippen molar-refractivity contribution in [3.05, 3.63) is 18.2 Å². The summed E-state index contributed by atoms with van der Waals surface area (Å²) in [5.41, 5.74) is 1.67. The first-order valence-electron chi connectivity index (χ1n) is 5.78. The Morgan fingerprint density at radius 2 is 2.20 bits per heavy atom. The van der Waals surface area contributed by atoms with Crippen molar-refractivity contribution in [2.24, 2.45) is 5.41 Å². The lowest BCUT2D eigenvalue weighted by Crippen LogP contribution is -2.27. The second kappa shape index (κ2) is 3.97. The van der Waals surface area contributed by atoms with Gasteiger partial charge in [-0.05, 0) is 18.3 Å². The van der Waals surface area contributed by atoms with E-state index in [9.17, 15) is 0 Å². The molecule has 0 spiro atoms. The Bertz CT molecular complexity index is 318. The Morgan fingerprint density at radius 1 is 1.47 bits per heavy atom. The molecule has 0 aromatic carbocycles. The molecule has 2 rings (SSSR count). The van der Waals surface area contributed by atoms with Crippen molar-refractivity contribution in [3.8, 4) is 0 Å². The number of hydrogen-bond donors (Lipinski definition) is 1. The lowest BCUT2D eigenvalue weighted by Gasteiger charge is -2.19. The summed E-state index contributed by atoms with van der Waals surface area (Å²) in [5, 5.41) is 3.49. The highest BCUT2D eigenvalue weighted by molar-refractivity contribution is 5.03. The summed E-state index contributed by atoms with van der Waals surface area (Å²) in [6, 6.07) is 0.735. The third-order valence-corrected chi connectivity index (χ3v) is 2.65. The Morgan fingerprint density at radius 3 is 2.80 bits per heavy atom. The molecule has 0 aliphatic heterocycles. The van der Waals surface area contributed by atoms with Gasteiger partial charge in [0.1, 0.15) is 0 Å². The van der Waals surface area contributed by atoms with E-state index < -0.39 is 0 Å².